The second kappa shape index (κ2) is 16.3. The summed E-state index contributed by atoms with van der Waals surface area (Å²) < 4.78 is 12.8. The van der Waals surface area contributed by atoms with Crippen molar-refractivity contribution in [1.29, 1.82) is 0 Å². The average Bonchev–Trinajstić information content (AvgIpc) is 3.13. The van der Waals surface area contributed by atoms with Crippen molar-refractivity contribution in [2.24, 2.45) is 11.8 Å². The van der Waals surface area contributed by atoms with Gasteiger partial charge in [-0.3, -0.25) is 9.59 Å². The highest BCUT2D eigenvalue weighted by molar-refractivity contribution is 8.13. The summed E-state index contributed by atoms with van der Waals surface area (Å²) in [6, 6.07) is 34.3. The molecule has 0 aliphatic carbocycles. The molecule has 4 aromatic rings. The molecule has 0 saturated carbocycles. The number of ether oxygens (including phenoxy) is 1. The van der Waals surface area contributed by atoms with Crippen LogP contribution in [0.2, 0.25) is 18.1 Å². The van der Waals surface area contributed by atoms with Gasteiger partial charge in [0, 0.05) is 19.0 Å². The average molecular weight is 753 g/mol. The SMILES string of the molecule is C=CCOC(=O)C(N1C(=O)[C@H]([C@H](C)O[Si](C)(C)C(C)(C)C)[C@H]1[C@@H](C)C(=O)Sc1ccccn1)=P(c1ccccc1)(c1ccccc1)c1ccccc1. The quantitative estimate of drug-likeness (QED) is 0.0351. The number of hydrogen-bond donors (Lipinski definition) is 0. The van der Waals surface area contributed by atoms with E-state index in [4.69, 9.17) is 9.16 Å². The number of amides is 1. The van der Waals surface area contributed by atoms with Crippen LogP contribution in [0.3, 0.4) is 0 Å². The highest BCUT2D eigenvalue weighted by Gasteiger charge is 2.59. The number of benzene rings is 3. The van der Waals surface area contributed by atoms with Gasteiger partial charge in [0.25, 0.3) is 0 Å². The third-order valence-electron chi connectivity index (χ3n) is 10.2. The summed E-state index contributed by atoms with van der Waals surface area (Å²) in [5.41, 5.74) is 0.228. The molecule has 272 valence electrons. The van der Waals surface area contributed by atoms with E-state index in [1.807, 2.05) is 111 Å². The minimum Gasteiger partial charge on any atom is -0.457 e. The van der Waals surface area contributed by atoms with Crippen molar-refractivity contribution in [3.63, 3.8) is 0 Å². The summed E-state index contributed by atoms with van der Waals surface area (Å²) in [7, 11) is -2.35. The summed E-state index contributed by atoms with van der Waals surface area (Å²) in [4.78, 5) is 50.3. The molecule has 1 amide bonds. The van der Waals surface area contributed by atoms with E-state index < -0.39 is 45.2 Å². The highest BCUT2D eigenvalue weighted by Crippen LogP contribution is 2.51. The van der Waals surface area contributed by atoms with Gasteiger partial charge in [0.05, 0.1) is 18.1 Å². The van der Waals surface area contributed by atoms with Gasteiger partial charge in [-0.1, -0.05) is 137 Å². The van der Waals surface area contributed by atoms with Crippen LogP contribution in [0.1, 0.15) is 34.6 Å². The first-order valence-electron chi connectivity index (χ1n) is 17.6. The van der Waals surface area contributed by atoms with E-state index in [-0.39, 0.29) is 28.1 Å². The molecule has 10 heteroatoms. The number of pyridine rings is 1. The third-order valence-corrected chi connectivity index (χ3v) is 20.0. The Morgan fingerprint density at radius 1 is 0.885 bits per heavy atom. The summed E-state index contributed by atoms with van der Waals surface area (Å²) in [5, 5.41) is 2.92. The lowest BCUT2D eigenvalue weighted by molar-refractivity contribution is -0.160. The summed E-state index contributed by atoms with van der Waals surface area (Å²) in [6.45, 7) is 15.1. The first-order chi connectivity index (χ1) is 24.8. The number of rotatable bonds is 13. The van der Waals surface area contributed by atoms with Crippen molar-refractivity contribution in [3.05, 3.63) is 128 Å². The number of esters is 1. The van der Waals surface area contributed by atoms with E-state index in [0.29, 0.717) is 5.03 Å². The molecule has 3 aromatic carbocycles. The van der Waals surface area contributed by atoms with E-state index in [1.165, 1.54) is 6.08 Å². The van der Waals surface area contributed by atoms with E-state index in [1.54, 1.807) is 23.2 Å². The normalized spacial score (nSPS) is 17.4. The smallest absolute Gasteiger partial charge is 0.356 e. The Kier molecular flexibility index (Phi) is 12.3. The van der Waals surface area contributed by atoms with Crippen LogP contribution in [0, 0.1) is 11.8 Å². The molecule has 1 aliphatic rings. The van der Waals surface area contributed by atoms with Crippen molar-refractivity contribution < 1.29 is 23.5 Å². The Balaban J connectivity index is 1.84. The molecule has 0 N–H and O–H groups in total. The van der Waals surface area contributed by atoms with E-state index in [9.17, 15) is 9.59 Å². The molecule has 0 radical (unpaired) electrons. The topological polar surface area (TPSA) is 85.8 Å². The lowest BCUT2D eigenvalue weighted by Crippen LogP contribution is -2.71. The zero-order chi connectivity index (χ0) is 37.7. The van der Waals surface area contributed by atoms with Crippen LogP contribution in [-0.2, 0) is 23.5 Å². The second-order valence-corrected chi connectivity index (χ2v) is 23.7. The molecular weight excluding hydrogens is 704 g/mol. The Morgan fingerprint density at radius 2 is 1.38 bits per heavy atom. The number of carbonyl (C=O) groups is 3. The molecule has 1 saturated heterocycles. The largest absolute Gasteiger partial charge is 0.457 e. The number of nitrogens with zero attached hydrogens (tertiary/aromatic N) is 2. The number of aromatic nitrogens is 1. The first kappa shape index (κ1) is 39.2. The molecule has 1 aromatic heterocycles. The molecule has 0 bridgehead atoms. The van der Waals surface area contributed by atoms with Gasteiger partial charge in [-0.25, -0.2) is 9.78 Å². The van der Waals surface area contributed by atoms with Gasteiger partial charge in [0.2, 0.25) is 5.91 Å². The van der Waals surface area contributed by atoms with Crippen molar-refractivity contribution in [3.8, 4) is 0 Å². The van der Waals surface area contributed by atoms with E-state index >= 15 is 4.79 Å². The maximum Gasteiger partial charge on any atom is 0.356 e. The van der Waals surface area contributed by atoms with Gasteiger partial charge >= 0.3 is 5.97 Å². The van der Waals surface area contributed by atoms with Gasteiger partial charge in [-0.2, -0.15) is 0 Å². The number of likely N-dealkylation sites (tertiary alicyclic amines) is 1. The number of carbonyl (C=O) groups excluding carboxylic acids is 3. The zero-order valence-corrected chi connectivity index (χ0v) is 33.8. The lowest BCUT2D eigenvalue weighted by atomic mass is 9.77. The molecule has 2 heterocycles. The Morgan fingerprint density at radius 3 is 1.83 bits per heavy atom. The zero-order valence-electron chi connectivity index (χ0n) is 31.1. The van der Waals surface area contributed by atoms with E-state index in [2.05, 4.69) is 45.4 Å². The fourth-order valence-electron chi connectivity index (χ4n) is 6.61. The van der Waals surface area contributed by atoms with Crippen LogP contribution in [-0.4, -0.2) is 59.4 Å². The van der Waals surface area contributed by atoms with Crippen molar-refractivity contribution in [1.82, 2.24) is 9.88 Å². The van der Waals surface area contributed by atoms with E-state index in [0.717, 1.165) is 27.7 Å². The molecule has 5 rings (SSSR count). The minimum absolute atomic E-state index is 0.0499. The van der Waals surface area contributed by atoms with Crippen LogP contribution in [0.15, 0.2) is 133 Å². The molecule has 4 atom stereocenters. The monoisotopic (exact) mass is 752 g/mol. The van der Waals surface area contributed by atoms with Crippen molar-refractivity contribution >= 4 is 65.3 Å². The molecule has 1 fully saturated rings. The van der Waals surface area contributed by atoms with Crippen LogP contribution < -0.4 is 15.9 Å². The predicted octanol–water partition coefficient (Wildman–Crippen LogP) is 7.43. The maximum atomic E-state index is 15.1. The minimum atomic E-state index is -3.17. The molecular formula is C42H49N2O5PSSi. The van der Waals surface area contributed by atoms with Crippen LogP contribution in [0.5, 0.6) is 0 Å². The standard InChI is InChI=1S/C42H49N2O5PSSi/c1-9-29-48-40(46)39(50(32-21-13-10-14-22-32,33-23-15-11-16-24-33)34-25-17-12-18-26-34)44-37(30(2)41(47)51-35-27-19-20-28-43-35)36(38(44)45)31(3)49-52(7,8)42(4,5)6/h9-28,30-31,36-37H,1,29H2,2-8H3/t30-,31+,36-,37-/m1/s1. The molecule has 52 heavy (non-hydrogen) atoms. The Hall–Kier alpha value is -4.01. The molecule has 0 spiro atoms. The Bertz CT molecular complexity index is 1830. The van der Waals surface area contributed by atoms with Gasteiger partial charge in [0.15, 0.2) is 13.4 Å². The van der Waals surface area contributed by atoms with Gasteiger partial charge in [0.1, 0.15) is 17.1 Å². The summed E-state index contributed by atoms with van der Waals surface area (Å²) >= 11 is 1.04. The second-order valence-electron chi connectivity index (χ2n) is 14.6. The third kappa shape index (κ3) is 7.69. The Labute approximate surface area is 314 Å². The highest BCUT2D eigenvalue weighted by atomic mass is 32.2. The van der Waals surface area contributed by atoms with Crippen molar-refractivity contribution in [2.45, 2.75) is 69.9 Å². The van der Waals surface area contributed by atoms with Crippen molar-refractivity contribution in [2.75, 3.05) is 6.61 Å². The first-order valence-corrected chi connectivity index (χ1v) is 23.1. The molecule has 7 nitrogen and oxygen atoms in total. The summed E-state index contributed by atoms with van der Waals surface area (Å²) in [5.74, 6) is -2.29. The van der Waals surface area contributed by atoms with Crippen LogP contribution in [0.25, 0.3) is 0 Å². The number of hydrogen-bond acceptors (Lipinski definition) is 7. The fraction of sp³-hybridized carbons (Fsp3) is 0.310. The van der Waals surface area contributed by atoms with Gasteiger partial charge in [-0.05, 0) is 64.9 Å². The molecule has 1 aliphatic heterocycles. The van der Waals surface area contributed by atoms with Crippen LogP contribution in [0.4, 0.5) is 0 Å². The van der Waals surface area contributed by atoms with Gasteiger partial charge < -0.3 is 14.1 Å². The number of β-lactam (4-membered cyclic amide) rings is 1. The number of thioether (sulfide) groups is 1. The maximum absolute atomic E-state index is 15.1. The molecule has 0 unspecified atom stereocenters. The fourth-order valence-corrected chi connectivity index (χ4v) is 13.2. The predicted molar refractivity (Wildman–Crippen MR) is 217 cm³/mol. The van der Waals surface area contributed by atoms with Crippen LogP contribution >= 0.6 is 18.6 Å². The summed E-state index contributed by atoms with van der Waals surface area (Å²) in [6.07, 6.45) is 2.65. The lowest BCUT2D eigenvalue weighted by Gasteiger charge is -2.54. The van der Waals surface area contributed by atoms with Gasteiger partial charge in [-0.15, -0.1) is 0 Å².